The van der Waals surface area contributed by atoms with Crippen LogP contribution < -0.4 is 4.74 Å². The fourth-order valence-corrected chi connectivity index (χ4v) is 2.32. The standard InChI is InChI=1S/C17H22FN3O2/c1-12-16(13(2)21(4)19-12)11-17(22)20(3)9-10-23-15-7-5-14(18)6-8-15/h5-8H,9-11H2,1-4H3. The summed E-state index contributed by atoms with van der Waals surface area (Å²) in [6, 6.07) is 5.83. The number of rotatable bonds is 6. The summed E-state index contributed by atoms with van der Waals surface area (Å²) in [6.07, 6.45) is 0.332. The van der Waals surface area contributed by atoms with Crippen LogP contribution in [0, 0.1) is 19.7 Å². The van der Waals surface area contributed by atoms with Crippen molar-refractivity contribution in [3.05, 3.63) is 47.0 Å². The Morgan fingerprint density at radius 3 is 2.52 bits per heavy atom. The Bertz CT molecular complexity index is 680. The van der Waals surface area contributed by atoms with Gasteiger partial charge in [-0.1, -0.05) is 0 Å². The third-order valence-corrected chi connectivity index (χ3v) is 3.92. The first-order valence-electron chi connectivity index (χ1n) is 7.50. The molecular formula is C17H22FN3O2. The lowest BCUT2D eigenvalue weighted by Crippen LogP contribution is -2.32. The van der Waals surface area contributed by atoms with Gasteiger partial charge in [-0.15, -0.1) is 0 Å². The van der Waals surface area contributed by atoms with Crippen LogP contribution in [0.2, 0.25) is 0 Å². The van der Waals surface area contributed by atoms with Gasteiger partial charge in [-0.05, 0) is 38.1 Å². The zero-order valence-corrected chi connectivity index (χ0v) is 14.0. The molecule has 0 bridgehead atoms. The van der Waals surface area contributed by atoms with Crippen molar-refractivity contribution in [1.82, 2.24) is 14.7 Å². The highest BCUT2D eigenvalue weighted by molar-refractivity contribution is 5.79. The van der Waals surface area contributed by atoms with Crippen molar-refractivity contribution in [2.75, 3.05) is 20.2 Å². The first-order valence-corrected chi connectivity index (χ1v) is 7.50. The molecule has 0 aliphatic heterocycles. The molecule has 23 heavy (non-hydrogen) atoms. The Balaban J connectivity index is 1.84. The number of hydrogen-bond acceptors (Lipinski definition) is 3. The number of halogens is 1. The van der Waals surface area contributed by atoms with Gasteiger partial charge in [-0.25, -0.2) is 4.39 Å². The van der Waals surface area contributed by atoms with E-state index >= 15 is 0 Å². The van der Waals surface area contributed by atoms with Crippen molar-refractivity contribution in [3.63, 3.8) is 0 Å². The minimum Gasteiger partial charge on any atom is -0.492 e. The number of nitrogens with zero attached hydrogens (tertiary/aromatic N) is 3. The van der Waals surface area contributed by atoms with Gasteiger partial charge in [-0.2, -0.15) is 5.10 Å². The van der Waals surface area contributed by atoms with E-state index < -0.39 is 0 Å². The molecule has 0 aliphatic carbocycles. The number of carbonyl (C=O) groups is 1. The van der Waals surface area contributed by atoms with E-state index in [0.717, 1.165) is 17.0 Å². The first-order chi connectivity index (χ1) is 10.9. The average Bonchev–Trinajstić information content (AvgIpc) is 2.75. The number of likely N-dealkylation sites (N-methyl/N-ethyl adjacent to an activating group) is 1. The highest BCUT2D eigenvalue weighted by Gasteiger charge is 2.16. The smallest absolute Gasteiger partial charge is 0.226 e. The Morgan fingerprint density at radius 1 is 1.30 bits per heavy atom. The fourth-order valence-electron chi connectivity index (χ4n) is 2.32. The van der Waals surface area contributed by atoms with E-state index in [9.17, 15) is 9.18 Å². The van der Waals surface area contributed by atoms with Gasteiger partial charge < -0.3 is 9.64 Å². The quantitative estimate of drug-likeness (QED) is 0.820. The van der Waals surface area contributed by atoms with E-state index in [1.807, 2.05) is 20.9 Å². The van der Waals surface area contributed by atoms with Gasteiger partial charge in [0.05, 0.1) is 18.7 Å². The first kappa shape index (κ1) is 17.0. The maximum absolute atomic E-state index is 12.8. The summed E-state index contributed by atoms with van der Waals surface area (Å²) < 4.78 is 20.1. The fraction of sp³-hybridized carbons (Fsp3) is 0.412. The maximum Gasteiger partial charge on any atom is 0.226 e. The molecule has 0 atom stereocenters. The van der Waals surface area contributed by atoms with Crippen LogP contribution in [0.25, 0.3) is 0 Å². The predicted molar refractivity (Wildman–Crippen MR) is 85.9 cm³/mol. The van der Waals surface area contributed by atoms with E-state index in [0.29, 0.717) is 25.3 Å². The molecule has 1 amide bonds. The van der Waals surface area contributed by atoms with Crippen molar-refractivity contribution < 1.29 is 13.9 Å². The number of aromatic nitrogens is 2. The number of amides is 1. The molecule has 124 valence electrons. The van der Waals surface area contributed by atoms with Crippen molar-refractivity contribution in [1.29, 1.82) is 0 Å². The predicted octanol–water partition coefficient (Wildman–Crippen LogP) is 2.26. The molecule has 1 aromatic carbocycles. The molecule has 0 radical (unpaired) electrons. The summed E-state index contributed by atoms with van der Waals surface area (Å²) in [6.45, 7) is 4.70. The largest absolute Gasteiger partial charge is 0.492 e. The molecule has 0 aliphatic rings. The second kappa shape index (κ2) is 7.26. The van der Waals surface area contributed by atoms with Gasteiger partial charge >= 0.3 is 0 Å². The highest BCUT2D eigenvalue weighted by Crippen LogP contribution is 2.14. The van der Waals surface area contributed by atoms with E-state index in [-0.39, 0.29) is 11.7 Å². The van der Waals surface area contributed by atoms with Crippen molar-refractivity contribution in [2.24, 2.45) is 7.05 Å². The normalized spacial score (nSPS) is 10.7. The summed E-state index contributed by atoms with van der Waals surface area (Å²) in [5, 5.41) is 4.32. The van der Waals surface area contributed by atoms with Gasteiger partial charge in [0.25, 0.3) is 0 Å². The van der Waals surface area contributed by atoms with Crippen LogP contribution >= 0.6 is 0 Å². The van der Waals surface area contributed by atoms with Gasteiger partial charge in [0, 0.05) is 25.4 Å². The molecule has 1 heterocycles. The second-order valence-electron chi connectivity index (χ2n) is 5.57. The molecule has 0 saturated heterocycles. The zero-order chi connectivity index (χ0) is 17.0. The van der Waals surface area contributed by atoms with Gasteiger partial charge in [0.1, 0.15) is 18.2 Å². The summed E-state index contributed by atoms with van der Waals surface area (Å²) in [5.41, 5.74) is 2.87. The molecule has 1 aromatic heterocycles. The Morgan fingerprint density at radius 2 is 1.96 bits per heavy atom. The third kappa shape index (κ3) is 4.31. The number of aryl methyl sites for hydroxylation is 2. The van der Waals surface area contributed by atoms with Crippen LogP contribution in [0.3, 0.4) is 0 Å². The average molecular weight is 319 g/mol. The lowest BCUT2D eigenvalue weighted by molar-refractivity contribution is -0.129. The van der Waals surface area contributed by atoms with Crippen molar-refractivity contribution in [2.45, 2.75) is 20.3 Å². The van der Waals surface area contributed by atoms with Crippen LogP contribution in [-0.2, 0) is 18.3 Å². The summed E-state index contributed by atoms with van der Waals surface area (Å²) in [4.78, 5) is 13.9. The molecule has 0 unspecified atom stereocenters. The lowest BCUT2D eigenvalue weighted by atomic mass is 10.1. The Hall–Kier alpha value is -2.37. The number of benzene rings is 1. The molecular weight excluding hydrogens is 297 g/mol. The van der Waals surface area contributed by atoms with Crippen molar-refractivity contribution in [3.8, 4) is 5.75 Å². The Labute approximate surface area is 135 Å². The minimum atomic E-state index is -0.299. The van der Waals surface area contributed by atoms with Crippen LogP contribution in [-0.4, -0.2) is 40.8 Å². The Kier molecular flexibility index (Phi) is 5.36. The summed E-state index contributed by atoms with van der Waals surface area (Å²) in [5.74, 6) is 0.310. The molecule has 2 aromatic rings. The van der Waals surface area contributed by atoms with Crippen molar-refractivity contribution >= 4 is 5.91 Å². The summed E-state index contributed by atoms with van der Waals surface area (Å²) in [7, 11) is 3.62. The van der Waals surface area contributed by atoms with E-state index in [1.165, 1.54) is 12.1 Å². The van der Waals surface area contributed by atoms with Gasteiger partial charge in [0.15, 0.2) is 0 Å². The number of carbonyl (C=O) groups excluding carboxylic acids is 1. The van der Waals surface area contributed by atoms with Crippen LogP contribution in [0.1, 0.15) is 17.0 Å². The second-order valence-corrected chi connectivity index (χ2v) is 5.57. The topological polar surface area (TPSA) is 47.4 Å². The SMILES string of the molecule is Cc1nn(C)c(C)c1CC(=O)N(C)CCOc1ccc(F)cc1. The zero-order valence-electron chi connectivity index (χ0n) is 14.0. The summed E-state index contributed by atoms with van der Waals surface area (Å²) >= 11 is 0. The third-order valence-electron chi connectivity index (χ3n) is 3.92. The van der Waals surface area contributed by atoms with Crippen LogP contribution in [0.5, 0.6) is 5.75 Å². The van der Waals surface area contributed by atoms with Gasteiger partial charge in [-0.3, -0.25) is 9.48 Å². The lowest BCUT2D eigenvalue weighted by Gasteiger charge is -2.17. The van der Waals surface area contributed by atoms with E-state index in [4.69, 9.17) is 4.74 Å². The molecule has 0 spiro atoms. The van der Waals surface area contributed by atoms with Crippen LogP contribution in [0.15, 0.2) is 24.3 Å². The van der Waals surface area contributed by atoms with E-state index in [1.54, 1.807) is 28.8 Å². The molecule has 2 rings (SSSR count). The number of ether oxygens (including phenoxy) is 1. The maximum atomic E-state index is 12.8. The van der Waals surface area contributed by atoms with Crippen LogP contribution in [0.4, 0.5) is 4.39 Å². The molecule has 6 heteroatoms. The minimum absolute atomic E-state index is 0.0203. The van der Waals surface area contributed by atoms with E-state index in [2.05, 4.69) is 5.10 Å². The monoisotopic (exact) mass is 319 g/mol. The molecule has 5 nitrogen and oxygen atoms in total. The van der Waals surface area contributed by atoms with Gasteiger partial charge in [0.2, 0.25) is 5.91 Å². The molecule has 0 saturated carbocycles. The molecule has 0 N–H and O–H groups in total. The molecule has 0 fully saturated rings. The number of hydrogen-bond donors (Lipinski definition) is 0. The highest BCUT2D eigenvalue weighted by atomic mass is 19.1.